The molecule has 2 fully saturated rings. The van der Waals surface area contributed by atoms with Gasteiger partial charge in [-0.1, -0.05) is 6.07 Å². The molecule has 8 heteroatoms. The first-order chi connectivity index (χ1) is 12.8. The first kappa shape index (κ1) is 20.7. The Kier molecular flexibility index (Phi) is 6.53. The average Bonchev–Trinajstić information content (AvgIpc) is 3.01. The molecule has 1 aromatic rings. The largest absolute Gasteiger partial charge is 0.375 e. The molecule has 3 rings (SSSR count). The number of ether oxygens (including phenoxy) is 2. The Balaban J connectivity index is 1.49. The molecule has 0 unspecified atom stereocenters. The van der Waals surface area contributed by atoms with Crippen LogP contribution in [0.15, 0.2) is 18.2 Å². The summed E-state index contributed by atoms with van der Waals surface area (Å²) in [6, 6.07) is 5.95. The maximum atomic E-state index is 12.3. The van der Waals surface area contributed by atoms with Gasteiger partial charge in [0.15, 0.2) is 0 Å². The summed E-state index contributed by atoms with van der Waals surface area (Å²) in [5.41, 5.74) is 1.76. The normalized spacial score (nSPS) is 23.3. The van der Waals surface area contributed by atoms with Crippen LogP contribution in [0.25, 0.3) is 0 Å². The molecular formula is C19H31N3O4S. The predicted octanol–water partition coefficient (Wildman–Crippen LogP) is 1.97. The van der Waals surface area contributed by atoms with Gasteiger partial charge in [-0.2, -0.15) is 17.0 Å². The van der Waals surface area contributed by atoms with Crippen molar-refractivity contribution >= 4 is 10.2 Å². The summed E-state index contributed by atoms with van der Waals surface area (Å²) in [5.74, 6) is 0.423. The predicted molar refractivity (Wildman–Crippen MR) is 103 cm³/mol. The molecule has 0 amide bonds. The van der Waals surface area contributed by atoms with Gasteiger partial charge in [0.05, 0.1) is 17.9 Å². The smallest absolute Gasteiger partial charge is 0.281 e. The van der Waals surface area contributed by atoms with Crippen LogP contribution in [0.5, 0.6) is 0 Å². The molecule has 27 heavy (non-hydrogen) atoms. The van der Waals surface area contributed by atoms with Crippen LogP contribution in [0, 0.1) is 12.8 Å². The third kappa shape index (κ3) is 4.68. The molecule has 0 aromatic carbocycles. The van der Waals surface area contributed by atoms with E-state index in [0.29, 0.717) is 32.2 Å². The lowest BCUT2D eigenvalue weighted by Gasteiger charge is -2.42. The molecule has 3 heterocycles. The molecule has 1 atom stereocenters. The highest BCUT2D eigenvalue weighted by Gasteiger charge is 2.47. The number of aryl methyl sites for hydroxylation is 1. The summed E-state index contributed by atoms with van der Waals surface area (Å²) < 4.78 is 39.5. The van der Waals surface area contributed by atoms with Crippen molar-refractivity contribution < 1.29 is 17.9 Å². The van der Waals surface area contributed by atoms with Crippen molar-refractivity contribution in [3.63, 3.8) is 0 Å². The monoisotopic (exact) mass is 397 g/mol. The van der Waals surface area contributed by atoms with Gasteiger partial charge in [0.25, 0.3) is 10.2 Å². The minimum atomic E-state index is -3.34. The number of hydrogen-bond acceptors (Lipinski definition) is 5. The van der Waals surface area contributed by atoms with Crippen LogP contribution in [0.2, 0.25) is 0 Å². The van der Waals surface area contributed by atoms with Crippen molar-refractivity contribution in [3.8, 4) is 0 Å². The van der Waals surface area contributed by atoms with E-state index in [0.717, 1.165) is 43.7 Å². The lowest BCUT2D eigenvalue weighted by Crippen LogP contribution is -2.51. The van der Waals surface area contributed by atoms with Crippen molar-refractivity contribution in [2.75, 3.05) is 40.4 Å². The molecular weight excluding hydrogens is 366 g/mol. The fourth-order valence-electron chi connectivity index (χ4n) is 4.15. The van der Waals surface area contributed by atoms with Gasteiger partial charge < -0.3 is 9.47 Å². The summed E-state index contributed by atoms with van der Waals surface area (Å²) in [6.07, 6.45) is 3.47. The van der Waals surface area contributed by atoms with Gasteiger partial charge in [0.2, 0.25) is 0 Å². The summed E-state index contributed by atoms with van der Waals surface area (Å²) in [5, 5.41) is 0. The van der Waals surface area contributed by atoms with Gasteiger partial charge in [-0.25, -0.2) is 0 Å². The molecule has 0 radical (unpaired) electrons. The second kappa shape index (κ2) is 8.53. The topological polar surface area (TPSA) is 72.0 Å². The van der Waals surface area contributed by atoms with Crippen molar-refractivity contribution in [2.24, 2.45) is 5.92 Å². The van der Waals surface area contributed by atoms with Gasteiger partial charge >= 0.3 is 0 Å². The van der Waals surface area contributed by atoms with E-state index in [4.69, 9.17) is 9.47 Å². The van der Waals surface area contributed by atoms with E-state index in [2.05, 4.69) is 4.98 Å². The Morgan fingerprint density at radius 1 is 1.33 bits per heavy atom. The highest BCUT2D eigenvalue weighted by atomic mass is 32.2. The van der Waals surface area contributed by atoms with E-state index >= 15 is 0 Å². The molecule has 1 spiro atoms. The number of rotatable bonds is 7. The summed E-state index contributed by atoms with van der Waals surface area (Å²) in [6.45, 7) is 4.97. The highest BCUT2D eigenvalue weighted by Crippen LogP contribution is 2.42. The van der Waals surface area contributed by atoms with E-state index in [1.807, 2.05) is 25.1 Å². The molecule has 0 N–H and O–H groups in total. The standard InChI is InChI=1S/C19H31N3O4S/c1-16-5-4-6-18(20-16)15-25-13-7-17-8-14-26-19(17)9-11-22(12-10-19)27(23,24)21(2)3/h4-6,17H,7-15H2,1-3H3/t17-/m0/s1. The Morgan fingerprint density at radius 3 is 2.74 bits per heavy atom. The molecule has 2 aliphatic rings. The molecule has 0 aliphatic carbocycles. The van der Waals surface area contributed by atoms with Crippen LogP contribution < -0.4 is 0 Å². The zero-order chi connectivity index (χ0) is 19.5. The molecule has 0 bridgehead atoms. The number of aromatic nitrogens is 1. The summed E-state index contributed by atoms with van der Waals surface area (Å²) in [7, 11) is -0.183. The van der Waals surface area contributed by atoms with Gasteiger partial charge in [-0.3, -0.25) is 4.98 Å². The van der Waals surface area contributed by atoms with E-state index in [1.165, 1.54) is 4.31 Å². The highest BCUT2D eigenvalue weighted by molar-refractivity contribution is 7.86. The number of piperidine rings is 1. The van der Waals surface area contributed by atoms with Crippen LogP contribution in [-0.4, -0.2) is 68.0 Å². The molecule has 0 saturated carbocycles. The van der Waals surface area contributed by atoms with E-state index in [1.54, 1.807) is 18.4 Å². The van der Waals surface area contributed by atoms with E-state index in [-0.39, 0.29) is 5.60 Å². The van der Waals surface area contributed by atoms with E-state index < -0.39 is 10.2 Å². The maximum absolute atomic E-state index is 12.3. The molecule has 152 valence electrons. The average molecular weight is 398 g/mol. The van der Waals surface area contributed by atoms with Crippen LogP contribution in [0.4, 0.5) is 0 Å². The lowest BCUT2D eigenvalue weighted by molar-refractivity contribution is -0.0623. The Hall–Kier alpha value is -1.06. The zero-order valence-electron chi connectivity index (χ0n) is 16.6. The Labute approximate surface area is 162 Å². The SMILES string of the molecule is Cc1cccc(COCC[C@H]2CCOC23CCN(S(=O)(=O)N(C)C)CC3)n1. The lowest BCUT2D eigenvalue weighted by atomic mass is 9.78. The third-order valence-corrected chi connectivity index (χ3v) is 7.70. The molecule has 2 aliphatic heterocycles. The maximum Gasteiger partial charge on any atom is 0.281 e. The van der Waals surface area contributed by atoms with Crippen molar-refractivity contribution in [3.05, 3.63) is 29.6 Å². The third-order valence-electron chi connectivity index (χ3n) is 5.76. The van der Waals surface area contributed by atoms with Crippen molar-refractivity contribution in [2.45, 2.75) is 44.8 Å². The first-order valence-electron chi connectivity index (χ1n) is 9.65. The summed E-state index contributed by atoms with van der Waals surface area (Å²) in [4.78, 5) is 4.46. The fourth-order valence-corrected chi connectivity index (χ4v) is 5.26. The van der Waals surface area contributed by atoms with Gasteiger partial charge in [0.1, 0.15) is 0 Å². The number of pyridine rings is 1. The van der Waals surface area contributed by atoms with Crippen molar-refractivity contribution in [1.82, 2.24) is 13.6 Å². The van der Waals surface area contributed by atoms with Crippen LogP contribution >= 0.6 is 0 Å². The van der Waals surface area contributed by atoms with Gasteiger partial charge in [0, 0.05) is 46.1 Å². The minimum Gasteiger partial charge on any atom is -0.375 e. The second-order valence-corrected chi connectivity index (χ2v) is 9.84. The van der Waals surface area contributed by atoms with Gasteiger partial charge in [-0.05, 0) is 50.7 Å². The van der Waals surface area contributed by atoms with Crippen molar-refractivity contribution in [1.29, 1.82) is 0 Å². The zero-order valence-corrected chi connectivity index (χ0v) is 17.4. The second-order valence-electron chi connectivity index (χ2n) is 7.70. The quantitative estimate of drug-likeness (QED) is 0.658. The number of hydrogen-bond donors (Lipinski definition) is 0. The van der Waals surface area contributed by atoms with Crippen LogP contribution in [0.3, 0.4) is 0 Å². The van der Waals surface area contributed by atoms with Gasteiger partial charge in [-0.15, -0.1) is 0 Å². The summed E-state index contributed by atoms with van der Waals surface area (Å²) >= 11 is 0. The van der Waals surface area contributed by atoms with Crippen LogP contribution in [0.1, 0.15) is 37.1 Å². The number of nitrogens with zero attached hydrogens (tertiary/aromatic N) is 3. The first-order valence-corrected chi connectivity index (χ1v) is 11.0. The van der Waals surface area contributed by atoms with Crippen LogP contribution in [-0.2, 0) is 26.3 Å². The Morgan fingerprint density at radius 2 is 2.07 bits per heavy atom. The molecule has 7 nitrogen and oxygen atoms in total. The fraction of sp³-hybridized carbons (Fsp3) is 0.737. The molecule has 2 saturated heterocycles. The molecule has 1 aromatic heterocycles. The minimum absolute atomic E-state index is 0.191. The van der Waals surface area contributed by atoms with E-state index in [9.17, 15) is 8.42 Å². The Bertz CT molecular complexity index is 730.